The summed E-state index contributed by atoms with van der Waals surface area (Å²) in [5.41, 5.74) is 0.855. The summed E-state index contributed by atoms with van der Waals surface area (Å²) < 4.78 is 11.0. The number of benzene rings is 1. The van der Waals surface area contributed by atoms with Gasteiger partial charge < -0.3 is 24.6 Å². The van der Waals surface area contributed by atoms with E-state index in [0.717, 1.165) is 55.1 Å². The van der Waals surface area contributed by atoms with Crippen LogP contribution in [0.5, 0.6) is 11.5 Å². The third-order valence-corrected chi connectivity index (χ3v) is 5.23. The van der Waals surface area contributed by atoms with E-state index < -0.39 is 0 Å². The summed E-state index contributed by atoms with van der Waals surface area (Å²) in [6, 6.07) is 4.31. The van der Waals surface area contributed by atoms with Crippen LogP contribution in [0.2, 0.25) is 0 Å². The van der Waals surface area contributed by atoms with Gasteiger partial charge in [0.05, 0.1) is 19.7 Å². The van der Waals surface area contributed by atoms with E-state index in [-0.39, 0.29) is 0 Å². The second kappa shape index (κ2) is 8.82. The lowest BCUT2D eigenvalue weighted by Crippen LogP contribution is -2.37. The molecule has 0 radical (unpaired) electrons. The molecular weight excluding hydrogens is 354 g/mol. The Labute approximate surface area is 168 Å². The Hall–Kier alpha value is -2.28. The number of piperidine rings is 1. The second-order valence-corrected chi connectivity index (χ2v) is 8.09. The SMILES string of the molecule is COc1cc2nc(N(C)CC(C)C)nc(NC3CCN(C)CC3)c2cc1OC. The fraction of sp³-hybridized carbons (Fsp3) is 0.619. The molecule has 0 saturated carbocycles. The summed E-state index contributed by atoms with van der Waals surface area (Å²) >= 11 is 0. The summed E-state index contributed by atoms with van der Waals surface area (Å²) in [5, 5.41) is 4.64. The van der Waals surface area contributed by atoms with Gasteiger partial charge in [0.2, 0.25) is 5.95 Å². The van der Waals surface area contributed by atoms with Gasteiger partial charge in [0.1, 0.15) is 5.82 Å². The molecule has 2 heterocycles. The monoisotopic (exact) mass is 387 g/mol. The summed E-state index contributed by atoms with van der Waals surface area (Å²) in [4.78, 5) is 14.2. The quantitative estimate of drug-likeness (QED) is 0.782. The number of fused-ring (bicyclic) bond motifs is 1. The van der Waals surface area contributed by atoms with Gasteiger partial charge in [-0.3, -0.25) is 0 Å². The molecule has 1 aliphatic heterocycles. The predicted octanol–water partition coefficient (Wildman–Crippen LogP) is 3.25. The molecule has 7 nitrogen and oxygen atoms in total. The van der Waals surface area contributed by atoms with Gasteiger partial charge in [-0.2, -0.15) is 4.98 Å². The highest BCUT2D eigenvalue weighted by Gasteiger charge is 2.20. The summed E-state index contributed by atoms with van der Waals surface area (Å²) in [7, 11) is 7.52. The zero-order chi connectivity index (χ0) is 20.3. The van der Waals surface area contributed by atoms with Crippen molar-refractivity contribution in [2.45, 2.75) is 32.7 Å². The van der Waals surface area contributed by atoms with Crippen molar-refractivity contribution < 1.29 is 9.47 Å². The molecule has 154 valence electrons. The molecule has 0 spiro atoms. The van der Waals surface area contributed by atoms with Crippen LogP contribution in [-0.4, -0.2) is 68.9 Å². The van der Waals surface area contributed by atoms with E-state index in [4.69, 9.17) is 19.4 Å². The number of rotatable bonds is 7. The third-order valence-electron chi connectivity index (χ3n) is 5.23. The Bertz CT molecular complexity index is 803. The van der Waals surface area contributed by atoms with Crippen LogP contribution >= 0.6 is 0 Å². The topological polar surface area (TPSA) is 62.8 Å². The van der Waals surface area contributed by atoms with Crippen LogP contribution in [0.3, 0.4) is 0 Å². The van der Waals surface area contributed by atoms with E-state index in [2.05, 4.69) is 36.0 Å². The molecule has 3 rings (SSSR count). The van der Waals surface area contributed by atoms with Crippen molar-refractivity contribution in [2.24, 2.45) is 5.92 Å². The highest BCUT2D eigenvalue weighted by atomic mass is 16.5. The van der Waals surface area contributed by atoms with Crippen molar-refractivity contribution in [3.63, 3.8) is 0 Å². The number of likely N-dealkylation sites (tertiary alicyclic amines) is 1. The third kappa shape index (κ3) is 4.58. The highest BCUT2D eigenvalue weighted by Crippen LogP contribution is 2.35. The average molecular weight is 388 g/mol. The van der Waals surface area contributed by atoms with Crippen molar-refractivity contribution in [1.82, 2.24) is 14.9 Å². The maximum absolute atomic E-state index is 5.51. The zero-order valence-corrected chi connectivity index (χ0v) is 18.0. The molecule has 0 atom stereocenters. The Morgan fingerprint density at radius 2 is 1.79 bits per heavy atom. The number of methoxy groups -OCH3 is 2. The summed E-state index contributed by atoms with van der Waals surface area (Å²) in [5.74, 6) is 3.49. The van der Waals surface area contributed by atoms with Crippen molar-refractivity contribution >= 4 is 22.7 Å². The largest absolute Gasteiger partial charge is 0.493 e. The minimum Gasteiger partial charge on any atom is -0.493 e. The first-order valence-corrected chi connectivity index (χ1v) is 10.0. The van der Waals surface area contributed by atoms with Gasteiger partial charge in [0.25, 0.3) is 0 Å². The summed E-state index contributed by atoms with van der Waals surface area (Å²) in [6.45, 7) is 7.48. The fourth-order valence-electron chi connectivity index (χ4n) is 3.70. The van der Waals surface area contributed by atoms with Crippen molar-refractivity contribution in [3.8, 4) is 11.5 Å². The molecule has 1 aromatic heterocycles. The molecule has 0 unspecified atom stereocenters. The highest BCUT2D eigenvalue weighted by molar-refractivity contribution is 5.92. The van der Waals surface area contributed by atoms with Gasteiger partial charge in [-0.1, -0.05) is 13.8 Å². The van der Waals surface area contributed by atoms with Gasteiger partial charge >= 0.3 is 0 Å². The van der Waals surface area contributed by atoms with E-state index in [1.54, 1.807) is 14.2 Å². The second-order valence-electron chi connectivity index (χ2n) is 8.09. The normalized spacial score (nSPS) is 15.8. The number of nitrogens with one attached hydrogen (secondary N) is 1. The van der Waals surface area contributed by atoms with E-state index in [0.29, 0.717) is 23.5 Å². The molecule has 7 heteroatoms. The van der Waals surface area contributed by atoms with Gasteiger partial charge in [0.15, 0.2) is 11.5 Å². The molecule has 28 heavy (non-hydrogen) atoms. The van der Waals surface area contributed by atoms with Gasteiger partial charge in [0, 0.05) is 31.1 Å². The first kappa shape index (κ1) is 20.5. The maximum atomic E-state index is 5.51. The van der Waals surface area contributed by atoms with E-state index >= 15 is 0 Å². The summed E-state index contributed by atoms with van der Waals surface area (Å²) in [6.07, 6.45) is 2.21. The minimum absolute atomic E-state index is 0.408. The smallest absolute Gasteiger partial charge is 0.227 e. The lowest BCUT2D eigenvalue weighted by molar-refractivity contribution is 0.264. The van der Waals surface area contributed by atoms with Gasteiger partial charge in [-0.05, 0) is 45.0 Å². The Morgan fingerprint density at radius 1 is 1.14 bits per heavy atom. The number of hydrogen-bond acceptors (Lipinski definition) is 7. The molecule has 0 bridgehead atoms. The van der Waals surface area contributed by atoms with Gasteiger partial charge in [-0.15, -0.1) is 0 Å². The standard InChI is InChI=1S/C21H33N5O2/c1-14(2)13-26(4)21-23-17-12-19(28-6)18(27-5)11-16(17)20(24-21)22-15-7-9-25(3)10-8-15/h11-12,14-15H,7-10,13H2,1-6H3,(H,22,23,24). The lowest BCUT2D eigenvalue weighted by atomic mass is 10.1. The van der Waals surface area contributed by atoms with E-state index in [9.17, 15) is 0 Å². The van der Waals surface area contributed by atoms with Crippen molar-refractivity contribution in [2.75, 3.05) is 58.2 Å². The van der Waals surface area contributed by atoms with Crippen molar-refractivity contribution in [3.05, 3.63) is 12.1 Å². The number of nitrogens with zero attached hydrogens (tertiary/aromatic N) is 4. The Kier molecular flexibility index (Phi) is 6.44. The number of ether oxygens (including phenoxy) is 2. The molecule has 1 saturated heterocycles. The van der Waals surface area contributed by atoms with E-state index in [1.807, 2.05) is 19.2 Å². The van der Waals surface area contributed by atoms with Crippen LogP contribution in [0.4, 0.5) is 11.8 Å². The van der Waals surface area contributed by atoms with Gasteiger partial charge in [-0.25, -0.2) is 4.98 Å². The van der Waals surface area contributed by atoms with Crippen molar-refractivity contribution in [1.29, 1.82) is 0 Å². The zero-order valence-electron chi connectivity index (χ0n) is 18.0. The molecule has 1 aromatic carbocycles. The predicted molar refractivity (Wildman–Crippen MR) is 115 cm³/mol. The van der Waals surface area contributed by atoms with Crippen LogP contribution in [0.1, 0.15) is 26.7 Å². The number of hydrogen-bond donors (Lipinski definition) is 1. The fourth-order valence-corrected chi connectivity index (χ4v) is 3.70. The molecule has 0 amide bonds. The van der Waals surface area contributed by atoms with Crippen LogP contribution in [0, 0.1) is 5.92 Å². The molecule has 1 N–H and O–H groups in total. The van der Waals surface area contributed by atoms with E-state index in [1.165, 1.54) is 0 Å². The molecule has 2 aromatic rings. The first-order valence-electron chi connectivity index (χ1n) is 10.0. The Balaban J connectivity index is 2.03. The first-order chi connectivity index (χ1) is 13.4. The van der Waals surface area contributed by atoms with Crippen LogP contribution in [0.15, 0.2) is 12.1 Å². The maximum Gasteiger partial charge on any atom is 0.227 e. The molecule has 0 aliphatic carbocycles. The minimum atomic E-state index is 0.408. The van der Waals surface area contributed by atoms with Crippen LogP contribution in [-0.2, 0) is 0 Å². The number of aromatic nitrogens is 2. The van der Waals surface area contributed by atoms with Crippen LogP contribution < -0.4 is 19.7 Å². The lowest BCUT2D eigenvalue weighted by Gasteiger charge is -2.30. The average Bonchev–Trinajstić information content (AvgIpc) is 2.67. The Morgan fingerprint density at radius 3 is 2.39 bits per heavy atom. The molecule has 1 fully saturated rings. The molecular formula is C21H33N5O2. The van der Waals surface area contributed by atoms with Crippen LogP contribution in [0.25, 0.3) is 10.9 Å². The molecule has 1 aliphatic rings. The number of anilines is 2.